The molecule has 1 rings (SSSR count). The van der Waals surface area contributed by atoms with Crippen LogP contribution in [-0.2, 0) is 4.79 Å². The van der Waals surface area contributed by atoms with Crippen molar-refractivity contribution in [3.05, 3.63) is 0 Å². The summed E-state index contributed by atoms with van der Waals surface area (Å²) in [6.45, 7) is 3.25. The number of carboxylic acids is 1. The van der Waals surface area contributed by atoms with Crippen molar-refractivity contribution in [3.8, 4) is 0 Å². The molecule has 1 saturated heterocycles. The minimum absolute atomic E-state index is 0.338. The van der Waals surface area contributed by atoms with Crippen molar-refractivity contribution in [3.63, 3.8) is 0 Å². The van der Waals surface area contributed by atoms with E-state index in [-0.39, 0.29) is 6.54 Å². The van der Waals surface area contributed by atoms with Gasteiger partial charge in [0.05, 0.1) is 0 Å². The van der Waals surface area contributed by atoms with Gasteiger partial charge < -0.3 is 20.6 Å². The Hall–Kier alpha value is -1.30. The highest BCUT2D eigenvalue weighted by Crippen LogP contribution is 2.05. The van der Waals surface area contributed by atoms with Crippen molar-refractivity contribution < 1.29 is 14.7 Å². The molecule has 6 nitrogen and oxygen atoms in total. The number of aliphatic carboxylic acids is 1. The molecule has 3 N–H and O–H groups in total. The van der Waals surface area contributed by atoms with E-state index in [9.17, 15) is 9.59 Å². The Labute approximate surface area is 88.6 Å². The van der Waals surface area contributed by atoms with Gasteiger partial charge in [0.15, 0.2) is 0 Å². The van der Waals surface area contributed by atoms with Crippen LogP contribution < -0.4 is 10.6 Å². The monoisotopic (exact) mass is 215 g/mol. The fourth-order valence-corrected chi connectivity index (χ4v) is 1.55. The lowest BCUT2D eigenvalue weighted by atomic mass is 10.4. The number of hydrogen-bond donors (Lipinski definition) is 3. The number of amides is 2. The van der Waals surface area contributed by atoms with Crippen molar-refractivity contribution in [2.24, 2.45) is 0 Å². The quantitative estimate of drug-likeness (QED) is 0.575. The Morgan fingerprint density at radius 3 is 2.47 bits per heavy atom. The zero-order chi connectivity index (χ0) is 11.1. The van der Waals surface area contributed by atoms with Crippen LogP contribution in [0, 0.1) is 0 Å². The van der Waals surface area contributed by atoms with Crippen LogP contribution in [0.4, 0.5) is 4.79 Å². The third kappa shape index (κ3) is 5.21. The van der Waals surface area contributed by atoms with E-state index in [4.69, 9.17) is 5.11 Å². The van der Waals surface area contributed by atoms with E-state index < -0.39 is 12.0 Å². The Morgan fingerprint density at radius 2 is 1.87 bits per heavy atom. The topological polar surface area (TPSA) is 81.7 Å². The molecular formula is C9H17N3O3. The summed E-state index contributed by atoms with van der Waals surface area (Å²) in [7, 11) is 0. The number of carboxylic acid groups (broad SMARTS) is 1. The van der Waals surface area contributed by atoms with Crippen LogP contribution in [0.25, 0.3) is 0 Å². The number of hydrogen-bond acceptors (Lipinski definition) is 3. The van der Waals surface area contributed by atoms with Crippen molar-refractivity contribution in [1.82, 2.24) is 15.5 Å². The van der Waals surface area contributed by atoms with Crippen LogP contribution in [-0.4, -0.2) is 54.7 Å². The van der Waals surface area contributed by atoms with Gasteiger partial charge in [-0.3, -0.25) is 4.79 Å². The summed E-state index contributed by atoms with van der Waals surface area (Å²) in [6, 6.07) is -0.420. The van der Waals surface area contributed by atoms with Gasteiger partial charge in [0.1, 0.15) is 6.54 Å². The van der Waals surface area contributed by atoms with Crippen LogP contribution in [0.5, 0.6) is 0 Å². The first-order chi connectivity index (χ1) is 7.18. The summed E-state index contributed by atoms with van der Waals surface area (Å²) in [5.74, 6) is -1.04. The number of nitrogens with one attached hydrogen (secondary N) is 2. The molecule has 0 radical (unpaired) electrons. The SMILES string of the molecule is O=C(O)CNC(=O)NCCN1CCCC1. The van der Waals surface area contributed by atoms with E-state index in [1.165, 1.54) is 12.8 Å². The number of nitrogens with zero attached hydrogens (tertiary/aromatic N) is 1. The Kier molecular flexibility index (Phi) is 4.89. The lowest BCUT2D eigenvalue weighted by Crippen LogP contribution is -2.41. The normalized spacial score (nSPS) is 16.3. The first-order valence-corrected chi connectivity index (χ1v) is 5.14. The maximum atomic E-state index is 11.0. The Balaban J connectivity index is 1.98. The minimum Gasteiger partial charge on any atom is -0.480 e. The first kappa shape index (κ1) is 11.8. The summed E-state index contributed by atoms with van der Waals surface area (Å²) < 4.78 is 0. The summed E-state index contributed by atoms with van der Waals surface area (Å²) in [5.41, 5.74) is 0. The minimum atomic E-state index is -1.04. The first-order valence-electron chi connectivity index (χ1n) is 5.14. The molecule has 1 aliphatic heterocycles. The zero-order valence-electron chi connectivity index (χ0n) is 8.66. The summed E-state index contributed by atoms with van der Waals surface area (Å²) in [5, 5.41) is 13.2. The fourth-order valence-electron chi connectivity index (χ4n) is 1.55. The predicted octanol–water partition coefficient (Wildman–Crippen LogP) is -0.534. The second-order valence-corrected chi connectivity index (χ2v) is 3.55. The molecule has 0 aromatic rings. The van der Waals surface area contributed by atoms with Gasteiger partial charge in [0.25, 0.3) is 0 Å². The van der Waals surface area contributed by atoms with Crippen LogP contribution in [0.1, 0.15) is 12.8 Å². The largest absolute Gasteiger partial charge is 0.480 e. The second-order valence-electron chi connectivity index (χ2n) is 3.55. The van der Waals surface area contributed by atoms with Crippen LogP contribution in [0.15, 0.2) is 0 Å². The van der Waals surface area contributed by atoms with Gasteiger partial charge in [-0.05, 0) is 25.9 Å². The molecule has 0 aromatic carbocycles. The van der Waals surface area contributed by atoms with Gasteiger partial charge in [-0.15, -0.1) is 0 Å². The maximum absolute atomic E-state index is 11.0. The maximum Gasteiger partial charge on any atom is 0.323 e. The van der Waals surface area contributed by atoms with Gasteiger partial charge in [0.2, 0.25) is 0 Å². The molecule has 6 heteroatoms. The highest BCUT2D eigenvalue weighted by Gasteiger charge is 2.10. The molecule has 15 heavy (non-hydrogen) atoms. The average molecular weight is 215 g/mol. The van der Waals surface area contributed by atoms with Gasteiger partial charge in [-0.1, -0.05) is 0 Å². The van der Waals surface area contributed by atoms with E-state index in [1.807, 2.05) is 0 Å². The number of likely N-dealkylation sites (tertiary alicyclic amines) is 1. The van der Waals surface area contributed by atoms with Crippen molar-refractivity contribution in [1.29, 1.82) is 0 Å². The van der Waals surface area contributed by atoms with Crippen LogP contribution in [0.2, 0.25) is 0 Å². The smallest absolute Gasteiger partial charge is 0.323 e. The van der Waals surface area contributed by atoms with Crippen LogP contribution >= 0.6 is 0 Å². The molecule has 1 fully saturated rings. The van der Waals surface area contributed by atoms with E-state index in [2.05, 4.69) is 15.5 Å². The molecule has 0 bridgehead atoms. The van der Waals surface area contributed by atoms with E-state index in [0.717, 1.165) is 19.6 Å². The number of carbonyl (C=O) groups is 2. The third-order valence-corrected chi connectivity index (χ3v) is 2.31. The molecule has 1 aliphatic rings. The van der Waals surface area contributed by atoms with Gasteiger partial charge in [-0.2, -0.15) is 0 Å². The summed E-state index contributed by atoms with van der Waals surface area (Å²) in [4.78, 5) is 23.4. The molecule has 86 valence electrons. The lowest BCUT2D eigenvalue weighted by Gasteiger charge is -2.14. The Morgan fingerprint density at radius 1 is 1.20 bits per heavy atom. The molecule has 0 saturated carbocycles. The number of urea groups is 1. The van der Waals surface area contributed by atoms with Gasteiger partial charge in [0, 0.05) is 13.1 Å². The van der Waals surface area contributed by atoms with Crippen molar-refractivity contribution >= 4 is 12.0 Å². The number of rotatable bonds is 5. The standard InChI is InChI=1S/C9H17N3O3/c13-8(14)7-11-9(15)10-3-6-12-4-1-2-5-12/h1-7H2,(H,13,14)(H2,10,11,15). The van der Waals surface area contributed by atoms with Crippen molar-refractivity contribution in [2.75, 3.05) is 32.7 Å². The molecule has 0 unspecified atom stereocenters. The average Bonchev–Trinajstić information content (AvgIpc) is 2.67. The second kappa shape index (κ2) is 6.23. The Bertz CT molecular complexity index is 227. The van der Waals surface area contributed by atoms with E-state index >= 15 is 0 Å². The molecule has 0 atom stereocenters. The molecule has 0 aromatic heterocycles. The highest BCUT2D eigenvalue weighted by atomic mass is 16.4. The fraction of sp³-hybridized carbons (Fsp3) is 0.778. The predicted molar refractivity (Wildman–Crippen MR) is 54.7 cm³/mol. The molecule has 0 aliphatic carbocycles. The molecular weight excluding hydrogens is 198 g/mol. The molecule has 1 heterocycles. The van der Waals surface area contributed by atoms with E-state index in [1.54, 1.807) is 0 Å². The highest BCUT2D eigenvalue weighted by molar-refractivity contribution is 5.79. The number of carbonyl (C=O) groups excluding carboxylic acids is 1. The molecule has 2 amide bonds. The zero-order valence-corrected chi connectivity index (χ0v) is 8.66. The van der Waals surface area contributed by atoms with Gasteiger partial charge in [-0.25, -0.2) is 4.79 Å². The third-order valence-electron chi connectivity index (χ3n) is 2.31. The van der Waals surface area contributed by atoms with Crippen LogP contribution in [0.3, 0.4) is 0 Å². The summed E-state index contributed by atoms with van der Waals surface area (Å²) >= 11 is 0. The van der Waals surface area contributed by atoms with E-state index in [0.29, 0.717) is 6.54 Å². The summed E-state index contributed by atoms with van der Waals surface area (Å²) in [6.07, 6.45) is 2.45. The lowest BCUT2D eigenvalue weighted by molar-refractivity contribution is -0.135. The van der Waals surface area contributed by atoms with Gasteiger partial charge >= 0.3 is 12.0 Å². The molecule has 0 spiro atoms. The van der Waals surface area contributed by atoms with Crippen molar-refractivity contribution in [2.45, 2.75) is 12.8 Å².